The third kappa shape index (κ3) is 30.5. The molecular weight excluding hydrogens is 540 g/mol. The Bertz CT molecular complexity index is 977. The van der Waals surface area contributed by atoms with Crippen LogP contribution in [-0.4, -0.2) is 64.8 Å². The second-order valence-electron chi connectivity index (χ2n) is 8.63. The molecule has 0 aliphatic rings. The van der Waals surface area contributed by atoms with Crippen molar-refractivity contribution in [1.82, 2.24) is 10.2 Å². The molecule has 1 atom stereocenters. The second-order valence-corrected chi connectivity index (χ2v) is 9.83. The lowest BCUT2D eigenvalue weighted by atomic mass is 10.2. The molecule has 0 aliphatic heterocycles. The Morgan fingerprint density at radius 2 is 1.27 bits per heavy atom. The highest BCUT2D eigenvalue weighted by molar-refractivity contribution is 8.13. The van der Waals surface area contributed by atoms with Gasteiger partial charge in [-0.2, -0.15) is 4.99 Å². The van der Waals surface area contributed by atoms with Gasteiger partial charge in [0, 0.05) is 33.2 Å². The number of carbonyl (C=O) groups excluding carboxylic acids is 2. The summed E-state index contributed by atoms with van der Waals surface area (Å²) in [6.45, 7) is 3.50. The van der Waals surface area contributed by atoms with Crippen LogP contribution in [0.4, 0.5) is 0 Å². The van der Waals surface area contributed by atoms with E-state index < -0.39 is 12.0 Å². The zero-order valence-corrected chi connectivity index (χ0v) is 25.6. The average Bonchev–Trinajstić information content (AvgIpc) is 2.90. The van der Waals surface area contributed by atoms with Crippen molar-refractivity contribution in [1.29, 1.82) is 5.41 Å². The van der Waals surface area contributed by atoms with Gasteiger partial charge in [0.1, 0.15) is 6.04 Å². The summed E-state index contributed by atoms with van der Waals surface area (Å²) in [5, 5.41) is 18.4. The van der Waals surface area contributed by atoms with E-state index in [2.05, 4.69) is 71.9 Å². The van der Waals surface area contributed by atoms with Crippen LogP contribution in [0, 0.1) is 5.41 Å². The first kappa shape index (κ1) is 39.3. The van der Waals surface area contributed by atoms with Crippen LogP contribution in [0.3, 0.4) is 0 Å². The molecule has 41 heavy (non-hydrogen) atoms. The molecule has 0 spiro atoms. The summed E-state index contributed by atoms with van der Waals surface area (Å²) in [6.07, 6.45) is 30.6. The van der Waals surface area contributed by atoms with E-state index in [0.717, 1.165) is 43.9 Å². The molecule has 0 saturated carbocycles. The van der Waals surface area contributed by atoms with E-state index >= 15 is 0 Å². The monoisotopic (exact) mass is 588 g/mol. The number of rotatable bonds is 17. The van der Waals surface area contributed by atoms with E-state index in [1.165, 1.54) is 11.8 Å². The third-order valence-electron chi connectivity index (χ3n) is 4.64. The number of guanidine groups is 2. The predicted octanol–water partition coefficient (Wildman–Crippen LogP) is 4.68. The van der Waals surface area contributed by atoms with Crippen molar-refractivity contribution in [3.05, 3.63) is 72.9 Å². The minimum Gasteiger partial charge on any atom is -0.480 e. The first-order valence-electron chi connectivity index (χ1n) is 13.4. The summed E-state index contributed by atoms with van der Waals surface area (Å²) < 4.78 is 0. The molecule has 7 N–H and O–H groups in total. The second kappa shape index (κ2) is 27.7. The van der Waals surface area contributed by atoms with Gasteiger partial charge in [-0.3, -0.25) is 15.0 Å². The fraction of sp³-hybridized carbons (Fsp3) is 0.433. The maximum absolute atomic E-state index is 11.8. The van der Waals surface area contributed by atoms with Gasteiger partial charge in [-0.25, -0.2) is 4.79 Å². The van der Waals surface area contributed by atoms with Gasteiger partial charge in [0.2, 0.25) is 11.9 Å². The standard InChI is InChI=1S/C26H37NO4S.C4H11N5/c1-3-4-5-6-7-8-9-10-11-12-13-14-15-16-17-18-19-20-21-25(29)27-24(26(30)31)22-32-23(2)28;1-9(2)4(7)8-3(5)6/h4-5,7-8,10-11,13-14,16-17,19-20,24H,3,6,9,12,15,18,21-22H2,1-2H3,(H,27,29)(H,30,31);1-2H3,(H5,5,6,7,8)/b5-4-,8-7-,11-10-,14-13-,17-16-,20-19-;/t24-;/m1./s1. The van der Waals surface area contributed by atoms with E-state index in [1.54, 1.807) is 20.2 Å². The van der Waals surface area contributed by atoms with Crippen LogP contribution < -0.4 is 16.8 Å². The summed E-state index contributed by atoms with van der Waals surface area (Å²) >= 11 is 0.885. The lowest BCUT2D eigenvalue weighted by Gasteiger charge is -2.12. The van der Waals surface area contributed by atoms with Gasteiger partial charge in [0.15, 0.2) is 11.1 Å². The Balaban J connectivity index is 0. The molecule has 0 bridgehead atoms. The first-order valence-corrected chi connectivity index (χ1v) is 14.4. The number of hydrogen-bond acceptors (Lipinski definition) is 5. The molecule has 0 radical (unpaired) electrons. The Labute approximate surface area is 249 Å². The maximum atomic E-state index is 11.8. The summed E-state index contributed by atoms with van der Waals surface area (Å²) in [5.41, 5.74) is 9.98. The van der Waals surface area contributed by atoms with Crippen molar-refractivity contribution >= 4 is 40.7 Å². The van der Waals surface area contributed by atoms with Crippen LogP contribution in [0.5, 0.6) is 0 Å². The number of hydrogen-bond donors (Lipinski definition) is 5. The van der Waals surface area contributed by atoms with Gasteiger partial charge in [-0.1, -0.05) is 91.6 Å². The summed E-state index contributed by atoms with van der Waals surface area (Å²) in [6, 6.07) is -1.06. The average molecular weight is 589 g/mol. The smallest absolute Gasteiger partial charge is 0.327 e. The Morgan fingerprint density at radius 3 is 1.59 bits per heavy atom. The first-order chi connectivity index (χ1) is 19.5. The van der Waals surface area contributed by atoms with Gasteiger partial charge >= 0.3 is 5.97 Å². The Morgan fingerprint density at radius 1 is 0.854 bits per heavy atom. The molecule has 0 aromatic rings. The number of nitrogens with two attached hydrogens (primary N) is 2. The molecule has 1 amide bonds. The van der Waals surface area contributed by atoms with E-state index in [4.69, 9.17) is 22.0 Å². The Hall–Kier alpha value is -3.86. The van der Waals surface area contributed by atoms with Crippen molar-refractivity contribution in [3.63, 3.8) is 0 Å². The van der Waals surface area contributed by atoms with Crippen molar-refractivity contribution < 1.29 is 19.5 Å². The van der Waals surface area contributed by atoms with E-state index in [1.807, 2.05) is 12.2 Å². The lowest BCUT2D eigenvalue weighted by Crippen LogP contribution is -2.42. The van der Waals surface area contributed by atoms with Crippen LogP contribution in [0.15, 0.2) is 77.9 Å². The molecule has 0 unspecified atom stereocenters. The van der Waals surface area contributed by atoms with Gasteiger partial charge in [0.05, 0.1) is 0 Å². The highest BCUT2D eigenvalue weighted by atomic mass is 32.2. The summed E-state index contributed by atoms with van der Waals surface area (Å²) in [7, 11) is 3.38. The fourth-order valence-electron chi connectivity index (χ4n) is 2.56. The lowest BCUT2D eigenvalue weighted by molar-refractivity contribution is -0.141. The number of carboxylic acids is 1. The summed E-state index contributed by atoms with van der Waals surface area (Å²) in [4.78, 5) is 38.8. The summed E-state index contributed by atoms with van der Waals surface area (Å²) in [5.74, 6) is -1.53. The van der Waals surface area contributed by atoms with E-state index in [9.17, 15) is 14.4 Å². The quantitative estimate of drug-likeness (QED) is 0.0924. The SMILES string of the molecule is CC/C=C\C/C=C\C/C=C\C/C=C\C/C=C\C/C=C\CC(=O)N[C@H](CSC(C)=O)C(=O)O.CN(C)C(=N)N=C(N)N. The third-order valence-corrected chi connectivity index (χ3v) is 5.55. The zero-order chi connectivity index (χ0) is 31.3. The van der Waals surface area contributed by atoms with Gasteiger partial charge < -0.3 is 26.8 Å². The fourth-order valence-corrected chi connectivity index (χ4v) is 3.19. The topological polar surface area (TPSA) is 175 Å². The molecule has 0 rings (SSSR count). The van der Waals surface area contributed by atoms with Crippen LogP contribution in [-0.2, 0) is 14.4 Å². The normalized spacial score (nSPS) is 12.3. The molecule has 11 heteroatoms. The van der Waals surface area contributed by atoms with Crippen molar-refractivity contribution in [2.75, 3.05) is 19.8 Å². The maximum Gasteiger partial charge on any atom is 0.327 e. The van der Waals surface area contributed by atoms with E-state index in [-0.39, 0.29) is 35.1 Å². The number of amides is 1. The molecule has 0 heterocycles. The highest BCUT2D eigenvalue weighted by Crippen LogP contribution is 2.05. The van der Waals surface area contributed by atoms with Crippen molar-refractivity contribution in [2.45, 2.75) is 64.8 Å². The molecule has 0 aliphatic carbocycles. The molecule has 228 valence electrons. The number of nitrogens with zero attached hydrogens (tertiary/aromatic N) is 2. The zero-order valence-electron chi connectivity index (χ0n) is 24.8. The molecule has 0 aromatic heterocycles. The van der Waals surface area contributed by atoms with Crippen molar-refractivity contribution in [2.24, 2.45) is 16.5 Å². The number of carbonyl (C=O) groups is 3. The number of aliphatic carboxylic acids is 1. The van der Waals surface area contributed by atoms with Gasteiger partial charge in [0.25, 0.3) is 0 Å². The van der Waals surface area contributed by atoms with Crippen LogP contribution >= 0.6 is 11.8 Å². The number of allylic oxidation sites excluding steroid dienone is 11. The molecule has 0 saturated heterocycles. The molecular formula is C30H48N6O4S. The van der Waals surface area contributed by atoms with Gasteiger partial charge in [-0.05, 0) is 38.5 Å². The number of aliphatic imine (C=N–C) groups is 1. The van der Waals surface area contributed by atoms with Crippen LogP contribution in [0.1, 0.15) is 58.8 Å². The number of carboxylic acid groups (broad SMARTS) is 1. The van der Waals surface area contributed by atoms with Gasteiger partial charge in [-0.15, -0.1) is 0 Å². The minimum absolute atomic E-state index is 0.0279. The minimum atomic E-state index is -1.14. The number of nitrogens with one attached hydrogen (secondary N) is 2. The Kier molecular flexibility index (Phi) is 26.5. The van der Waals surface area contributed by atoms with Crippen LogP contribution in [0.25, 0.3) is 0 Å². The van der Waals surface area contributed by atoms with Crippen LogP contribution in [0.2, 0.25) is 0 Å². The highest BCUT2D eigenvalue weighted by Gasteiger charge is 2.20. The predicted molar refractivity (Wildman–Crippen MR) is 173 cm³/mol. The van der Waals surface area contributed by atoms with E-state index in [0.29, 0.717) is 6.42 Å². The molecule has 0 aromatic carbocycles. The molecule has 10 nitrogen and oxygen atoms in total. The largest absolute Gasteiger partial charge is 0.480 e. The number of thioether (sulfide) groups is 1. The molecule has 0 fully saturated rings. The van der Waals surface area contributed by atoms with Crippen molar-refractivity contribution in [3.8, 4) is 0 Å².